The number of hydrogen-bond donors (Lipinski definition) is 2. The lowest BCUT2D eigenvalue weighted by Gasteiger charge is -2.07. The lowest BCUT2D eigenvalue weighted by atomic mass is 10.1. The number of nitrogens with zero attached hydrogens (tertiary/aromatic N) is 1. The van der Waals surface area contributed by atoms with Gasteiger partial charge in [-0.15, -0.1) is 0 Å². The molecule has 0 fully saturated rings. The molecule has 0 saturated heterocycles. The number of amides is 2. The standard InChI is InChI=1S/C23H35N3O2/c1-2-3-4-5-6-7-8-9-10-11-12-13-14-15-16-22(27)25-26-23(28)21-17-19-24-20-18-21/h5-6,8-9,17-20H,2-4,7,10-16H2,1H3,(H,25,27)(H,26,28)/b6-5-,9-8-. The number of carbonyl (C=O) groups excluding carboxylic acids is 2. The molecular weight excluding hydrogens is 350 g/mol. The highest BCUT2D eigenvalue weighted by Gasteiger charge is 2.06. The van der Waals surface area contributed by atoms with Gasteiger partial charge in [0, 0.05) is 24.4 Å². The maximum atomic E-state index is 11.8. The van der Waals surface area contributed by atoms with Gasteiger partial charge < -0.3 is 0 Å². The first-order valence-electron chi connectivity index (χ1n) is 10.5. The van der Waals surface area contributed by atoms with Crippen molar-refractivity contribution in [3.8, 4) is 0 Å². The van der Waals surface area contributed by atoms with Crippen molar-refractivity contribution in [2.24, 2.45) is 0 Å². The van der Waals surface area contributed by atoms with E-state index >= 15 is 0 Å². The molecule has 0 aliphatic rings. The van der Waals surface area contributed by atoms with Crippen molar-refractivity contribution in [1.82, 2.24) is 15.8 Å². The van der Waals surface area contributed by atoms with Crippen LogP contribution in [0.25, 0.3) is 0 Å². The lowest BCUT2D eigenvalue weighted by molar-refractivity contribution is -0.122. The van der Waals surface area contributed by atoms with Crippen LogP contribution in [0.2, 0.25) is 0 Å². The minimum absolute atomic E-state index is 0.155. The van der Waals surface area contributed by atoms with E-state index in [2.05, 4.69) is 47.1 Å². The predicted molar refractivity (Wildman–Crippen MR) is 115 cm³/mol. The van der Waals surface area contributed by atoms with E-state index in [0.717, 1.165) is 32.1 Å². The second-order valence-electron chi connectivity index (χ2n) is 6.87. The van der Waals surface area contributed by atoms with Crippen LogP contribution in [-0.4, -0.2) is 16.8 Å². The summed E-state index contributed by atoms with van der Waals surface area (Å²) in [4.78, 5) is 27.4. The van der Waals surface area contributed by atoms with Gasteiger partial charge in [-0.2, -0.15) is 0 Å². The summed E-state index contributed by atoms with van der Waals surface area (Å²) >= 11 is 0. The zero-order valence-electron chi connectivity index (χ0n) is 17.2. The lowest BCUT2D eigenvalue weighted by Crippen LogP contribution is -2.41. The molecule has 1 aromatic heterocycles. The molecule has 2 N–H and O–H groups in total. The van der Waals surface area contributed by atoms with E-state index in [9.17, 15) is 9.59 Å². The first-order valence-corrected chi connectivity index (χ1v) is 10.5. The van der Waals surface area contributed by atoms with Crippen LogP contribution in [0.4, 0.5) is 0 Å². The fourth-order valence-corrected chi connectivity index (χ4v) is 2.67. The van der Waals surface area contributed by atoms with Crippen molar-refractivity contribution >= 4 is 11.8 Å². The number of hydrazine groups is 1. The van der Waals surface area contributed by atoms with Gasteiger partial charge in [-0.3, -0.25) is 25.4 Å². The Morgan fingerprint density at radius 2 is 1.50 bits per heavy atom. The minimum atomic E-state index is -0.333. The number of allylic oxidation sites excluding steroid dienone is 4. The van der Waals surface area contributed by atoms with Crippen molar-refractivity contribution < 1.29 is 9.59 Å². The van der Waals surface area contributed by atoms with Gasteiger partial charge in [-0.05, 0) is 44.2 Å². The summed E-state index contributed by atoms with van der Waals surface area (Å²) in [6.45, 7) is 2.22. The van der Waals surface area contributed by atoms with E-state index in [-0.39, 0.29) is 11.8 Å². The van der Waals surface area contributed by atoms with E-state index in [0.29, 0.717) is 12.0 Å². The summed E-state index contributed by atoms with van der Waals surface area (Å²) in [5.74, 6) is -0.488. The Balaban J connectivity index is 1.92. The van der Waals surface area contributed by atoms with Gasteiger partial charge >= 0.3 is 0 Å². The van der Waals surface area contributed by atoms with Crippen molar-refractivity contribution in [2.45, 2.75) is 77.6 Å². The molecule has 2 amide bonds. The average Bonchev–Trinajstić information content (AvgIpc) is 2.73. The molecule has 0 saturated carbocycles. The van der Waals surface area contributed by atoms with E-state index in [1.54, 1.807) is 12.1 Å². The molecule has 154 valence electrons. The number of unbranched alkanes of at least 4 members (excludes halogenated alkanes) is 7. The SMILES string of the molecule is CCCC/C=C\C/C=C\CCCCCCCC(=O)NNC(=O)c1ccncc1. The number of hydrogen-bond acceptors (Lipinski definition) is 3. The maximum absolute atomic E-state index is 11.8. The second-order valence-corrected chi connectivity index (χ2v) is 6.87. The Labute approximate surface area is 169 Å². The smallest absolute Gasteiger partial charge is 0.269 e. The Hall–Kier alpha value is -2.43. The quantitative estimate of drug-likeness (QED) is 0.260. The van der Waals surface area contributed by atoms with Gasteiger partial charge in [0.15, 0.2) is 0 Å². The highest BCUT2D eigenvalue weighted by atomic mass is 16.2. The largest absolute Gasteiger partial charge is 0.273 e. The van der Waals surface area contributed by atoms with Crippen LogP contribution in [0.15, 0.2) is 48.8 Å². The number of rotatable bonds is 14. The molecule has 0 unspecified atom stereocenters. The van der Waals surface area contributed by atoms with E-state index < -0.39 is 0 Å². The van der Waals surface area contributed by atoms with Crippen LogP contribution >= 0.6 is 0 Å². The number of carbonyl (C=O) groups is 2. The van der Waals surface area contributed by atoms with Gasteiger partial charge in [0.1, 0.15) is 0 Å². The number of nitrogens with one attached hydrogen (secondary N) is 2. The second kappa shape index (κ2) is 16.7. The van der Waals surface area contributed by atoms with Crippen LogP contribution in [-0.2, 0) is 4.79 Å². The topological polar surface area (TPSA) is 71.1 Å². The van der Waals surface area contributed by atoms with Gasteiger partial charge in [0.25, 0.3) is 5.91 Å². The van der Waals surface area contributed by atoms with Crippen LogP contribution in [0.5, 0.6) is 0 Å². The Bertz CT molecular complexity index is 597. The summed E-state index contributed by atoms with van der Waals surface area (Å²) < 4.78 is 0. The van der Waals surface area contributed by atoms with Crippen LogP contribution in [0, 0.1) is 0 Å². The minimum Gasteiger partial charge on any atom is -0.273 e. The fourth-order valence-electron chi connectivity index (χ4n) is 2.67. The third-order valence-electron chi connectivity index (χ3n) is 4.36. The molecule has 0 bridgehead atoms. The van der Waals surface area contributed by atoms with Crippen LogP contribution in [0.3, 0.4) is 0 Å². The molecule has 5 nitrogen and oxygen atoms in total. The van der Waals surface area contributed by atoms with Gasteiger partial charge in [0.2, 0.25) is 5.91 Å². The monoisotopic (exact) mass is 385 g/mol. The summed E-state index contributed by atoms with van der Waals surface area (Å²) in [6.07, 6.45) is 23.8. The molecule has 0 spiro atoms. The van der Waals surface area contributed by atoms with Crippen molar-refractivity contribution in [3.63, 3.8) is 0 Å². The number of aromatic nitrogens is 1. The maximum Gasteiger partial charge on any atom is 0.269 e. The Morgan fingerprint density at radius 1 is 0.857 bits per heavy atom. The van der Waals surface area contributed by atoms with Gasteiger partial charge in [-0.1, -0.05) is 63.3 Å². The van der Waals surface area contributed by atoms with Gasteiger partial charge in [0.05, 0.1) is 0 Å². The predicted octanol–water partition coefficient (Wildman–Crippen LogP) is 5.27. The van der Waals surface area contributed by atoms with E-state index in [1.807, 2.05) is 0 Å². The van der Waals surface area contributed by atoms with Crippen LogP contribution in [0.1, 0.15) is 87.9 Å². The summed E-state index contributed by atoms with van der Waals surface area (Å²) in [6, 6.07) is 3.20. The molecule has 1 rings (SSSR count). The van der Waals surface area contributed by atoms with Crippen molar-refractivity contribution in [2.75, 3.05) is 0 Å². The summed E-state index contributed by atoms with van der Waals surface area (Å²) in [5, 5.41) is 0. The third kappa shape index (κ3) is 12.8. The van der Waals surface area contributed by atoms with E-state index in [1.165, 1.54) is 44.5 Å². The molecule has 1 aromatic rings. The zero-order chi connectivity index (χ0) is 20.3. The third-order valence-corrected chi connectivity index (χ3v) is 4.36. The molecule has 28 heavy (non-hydrogen) atoms. The fraction of sp³-hybridized carbons (Fsp3) is 0.522. The summed E-state index contributed by atoms with van der Waals surface area (Å²) in [7, 11) is 0. The zero-order valence-corrected chi connectivity index (χ0v) is 17.2. The molecule has 1 heterocycles. The molecule has 0 aromatic carbocycles. The highest BCUT2D eigenvalue weighted by Crippen LogP contribution is 2.08. The summed E-state index contributed by atoms with van der Waals surface area (Å²) in [5.41, 5.74) is 5.34. The number of pyridine rings is 1. The van der Waals surface area contributed by atoms with Crippen LogP contribution < -0.4 is 10.9 Å². The molecular formula is C23H35N3O2. The van der Waals surface area contributed by atoms with Crippen molar-refractivity contribution in [1.29, 1.82) is 0 Å². The first-order chi connectivity index (χ1) is 13.7. The first kappa shape index (κ1) is 23.6. The molecule has 0 aliphatic carbocycles. The molecule has 5 heteroatoms. The van der Waals surface area contributed by atoms with E-state index in [4.69, 9.17) is 0 Å². The highest BCUT2D eigenvalue weighted by molar-refractivity contribution is 5.95. The normalized spacial score (nSPS) is 11.2. The van der Waals surface area contributed by atoms with Crippen molar-refractivity contribution in [3.05, 3.63) is 54.4 Å². The molecule has 0 aliphatic heterocycles. The molecule has 0 atom stereocenters. The van der Waals surface area contributed by atoms with Gasteiger partial charge in [-0.25, -0.2) is 0 Å². The Kier molecular flexibility index (Phi) is 14.1. The Morgan fingerprint density at radius 3 is 2.21 bits per heavy atom. The average molecular weight is 386 g/mol. The molecule has 0 radical (unpaired) electrons.